The number of nitrogens with two attached hydrogens (primary N) is 1. The minimum absolute atomic E-state index is 0.693. The van der Waals surface area contributed by atoms with Crippen molar-refractivity contribution in [2.45, 2.75) is 5.25 Å². The molecule has 0 aromatic carbocycles. The first kappa shape index (κ1) is 9.56. The quantitative estimate of drug-likeness (QED) is 0.360. The van der Waals surface area contributed by atoms with Crippen molar-refractivity contribution in [2.75, 3.05) is 0 Å². The lowest BCUT2D eigenvalue weighted by molar-refractivity contribution is -0.433. The van der Waals surface area contributed by atoms with Crippen LogP contribution in [0.5, 0.6) is 0 Å². The first-order chi connectivity index (χ1) is 4.50. The summed E-state index contributed by atoms with van der Waals surface area (Å²) in [6.07, 6.45) is 0. The number of amides is 1. The summed E-state index contributed by atoms with van der Waals surface area (Å²) >= 11 is -0.693. The summed E-state index contributed by atoms with van der Waals surface area (Å²) in [5.74, 6) is -1.88. The van der Waals surface area contributed by atoms with Crippen molar-refractivity contribution in [3.05, 3.63) is 0 Å². The molecule has 0 aliphatic heterocycles. The Bertz CT molecular complexity index is 130. The summed E-state index contributed by atoms with van der Waals surface area (Å²) in [5.41, 5.74) is 4.18. The number of hydrogen-bond acceptors (Lipinski definition) is 5. The zero-order valence-electron chi connectivity index (χ0n) is 4.41. The molecule has 0 fully saturated rings. The molecule has 0 spiro atoms. The summed E-state index contributed by atoms with van der Waals surface area (Å²) in [4.78, 5) is 9.76. The first-order valence-corrected chi connectivity index (χ1v) is 2.58. The average Bonchev–Trinajstić information content (AvgIpc) is 1.84. The van der Waals surface area contributed by atoms with E-state index in [1.54, 1.807) is 0 Å². The van der Waals surface area contributed by atoms with Gasteiger partial charge in [-0.25, -0.2) is 5.26 Å². The van der Waals surface area contributed by atoms with Gasteiger partial charge in [-0.2, -0.15) is 8.78 Å². The Kier molecular flexibility index (Phi) is 3.50. The third-order valence-corrected chi connectivity index (χ3v) is 0.995. The van der Waals surface area contributed by atoms with Gasteiger partial charge < -0.3 is 5.73 Å². The molecule has 0 unspecified atom stereocenters. The number of primary amides is 1. The van der Waals surface area contributed by atoms with E-state index in [2.05, 4.69) is 15.1 Å². The summed E-state index contributed by atoms with van der Waals surface area (Å²) in [6.45, 7) is 0. The Labute approximate surface area is 58.1 Å². The summed E-state index contributed by atoms with van der Waals surface area (Å²) in [5, 5.41) is 6.29. The molecule has 10 heavy (non-hydrogen) atoms. The SMILES string of the molecule is NC(=O)C(F)(F)SOOO. The van der Waals surface area contributed by atoms with Crippen LogP contribution in [0.4, 0.5) is 8.78 Å². The molecule has 0 saturated carbocycles. The Morgan fingerprint density at radius 1 is 1.70 bits per heavy atom. The van der Waals surface area contributed by atoms with E-state index in [9.17, 15) is 13.6 Å². The van der Waals surface area contributed by atoms with Crippen LogP contribution in [0.25, 0.3) is 0 Å². The molecule has 3 N–H and O–H groups in total. The number of hydrogen-bond donors (Lipinski definition) is 2. The predicted molar refractivity (Wildman–Crippen MR) is 26.5 cm³/mol. The molecule has 0 bridgehead atoms. The Balaban J connectivity index is 3.75. The molecule has 0 heterocycles. The third-order valence-electron chi connectivity index (χ3n) is 0.456. The Morgan fingerprint density at radius 2 is 2.20 bits per heavy atom. The molecule has 0 saturated heterocycles. The van der Waals surface area contributed by atoms with Crippen LogP contribution in [0.1, 0.15) is 0 Å². The third kappa shape index (κ3) is 2.92. The van der Waals surface area contributed by atoms with Gasteiger partial charge in [0.05, 0.1) is 0 Å². The van der Waals surface area contributed by atoms with E-state index in [4.69, 9.17) is 5.26 Å². The molecule has 60 valence electrons. The smallest absolute Gasteiger partial charge is 0.364 e. The summed E-state index contributed by atoms with van der Waals surface area (Å²) in [6, 6.07) is 0. The molecule has 8 heteroatoms. The van der Waals surface area contributed by atoms with Crippen LogP contribution in [0.3, 0.4) is 0 Å². The van der Waals surface area contributed by atoms with E-state index in [1.807, 2.05) is 0 Å². The molecular weight excluding hydrogens is 172 g/mol. The summed E-state index contributed by atoms with van der Waals surface area (Å²) < 4.78 is 27.1. The van der Waals surface area contributed by atoms with E-state index in [-0.39, 0.29) is 0 Å². The molecule has 0 rings (SSSR count). The fourth-order valence-corrected chi connectivity index (χ4v) is 0.297. The maximum absolute atomic E-state index is 11.9. The molecule has 0 radical (unpaired) electrons. The zero-order valence-corrected chi connectivity index (χ0v) is 5.23. The van der Waals surface area contributed by atoms with Crippen molar-refractivity contribution in [1.29, 1.82) is 0 Å². The van der Waals surface area contributed by atoms with E-state index in [0.717, 1.165) is 0 Å². The number of carbonyl (C=O) groups is 1. The number of halogens is 2. The molecule has 1 amide bonds. The molecule has 0 atom stereocenters. The average molecular weight is 175 g/mol. The molecule has 0 aliphatic carbocycles. The zero-order chi connectivity index (χ0) is 8.20. The van der Waals surface area contributed by atoms with Crippen molar-refractivity contribution >= 4 is 17.9 Å². The number of carbonyl (C=O) groups excluding carboxylic acids is 1. The second kappa shape index (κ2) is 3.66. The van der Waals surface area contributed by atoms with Gasteiger partial charge in [0.25, 0.3) is 0 Å². The number of rotatable bonds is 4. The normalized spacial score (nSPS) is 11.5. The molecule has 0 aliphatic rings. The van der Waals surface area contributed by atoms with Crippen LogP contribution in [0.2, 0.25) is 0 Å². The highest BCUT2D eigenvalue weighted by atomic mass is 32.2. The van der Waals surface area contributed by atoms with Gasteiger partial charge in [-0.1, -0.05) is 5.04 Å². The standard InChI is InChI=1S/C2H3F2NO4S/c3-2(4,1(5)6)10-9-8-7/h7H,(H2,5,6). The molecule has 5 nitrogen and oxygen atoms in total. The predicted octanol–water partition coefficient (Wildman–Crippen LogP) is 0.134. The van der Waals surface area contributed by atoms with Crippen LogP contribution in [0.15, 0.2) is 0 Å². The van der Waals surface area contributed by atoms with E-state index < -0.39 is 23.2 Å². The lowest BCUT2D eigenvalue weighted by atomic mass is 10.7. The Morgan fingerprint density at radius 3 is 2.50 bits per heavy atom. The van der Waals surface area contributed by atoms with Gasteiger partial charge in [-0.15, -0.1) is 4.33 Å². The van der Waals surface area contributed by atoms with Gasteiger partial charge in [0.2, 0.25) is 0 Å². The fourth-order valence-electron chi connectivity index (χ4n) is 0.0990. The highest BCUT2D eigenvalue weighted by Gasteiger charge is 2.39. The maximum Gasteiger partial charge on any atom is 0.397 e. The van der Waals surface area contributed by atoms with Crippen molar-refractivity contribution in [3.63, 3.8) is 0 Å². The van der Waals surface area contributed by atoms with Crippen LogP contribution < -0.4 is 5.73 Å². The topological polar surface area (TPSA) is 81.8 Å². The van der Waals surface area contributed by atoms with Crippen LogP contribution in [-0.2, 0) is 14.2 Å². The van der Waals surface area contributed by atoms with Gasteiger partial charge in [0, 0.05) is 0 Å². The van der Waals surface area contributed by atoms with Crippen molar-refractivity contribution in [1.82, 2.24) is 0 Å². The van der Waals surface area contributed by atoms with E-state index in [0.29, 0.717) is 0 Å². The summed E-state index contributed by atoms with van der Waals surface area (Å²) in [7, 11) is 0. The van der Waals surface area contributed by atoms with Crippen LogP contribution in [0, 0.1) is 0 Å². The second-order valence-corrected chi connectivity index (χ2v) is 1.92. The second-order valence-electron chi connectivity index (χ2n) is 1.11. The lowest BCUT2D eigenvalue weighted by Crippen LogP contribution is -2.32. The van der Waals surface area contributed by atoms with E-state index >= 15 is 0 Å². The van der Waals surface area contributed by atoms with Gasteiger partial charge in [-0.05, 0) is 0 Å². The monoisotopic (exact) mass is 175 g/mol. The maximum atomic E-state index is 11.9. The molecule has 0 aromatic rings. The highest BCUT2D eigenvalue weighted by molar-refractivity contribution is 7.96. The highest BCUT2D eigenvalue weighted by Crippen LogP contribution is 2.28. The molecule has 0 aromatic heterocycles. The van der Waals surface area contributed by atoms with E-state index in [1.165, 1.54) is 0 Å². The fraction of sp³-hybridized carbons (Fsp3) is 0.500. The van der Waals surface area contributed by atoms with Gasteiger partial charge in [-0.3, -0.25) is 4.79 Å². The van der Waals surface area contributed by atoms with Crippen LogP contribution in [-0.4, -0.2) is 16.4 Å². The Hall–Kier alpha value is -0.440. The minimum Gasteiger partial charge on any atom is -0.364 e. The first-order valence-electron chi connectivity index (χ1n) is 1.84. The minimum atomic E-state index is -3.90. The van der Waals surface area contributed by atoms with Crippen molar-refractivity contribution < 1.29 is 28.2 Å². The van der Waals surface area contributed by atoms with Crippen molar-refractivity contribution in [3.8, 4) is 0 Å². The largest absolute Gasteiger partial charge is 0.397 e. The van der Waals surface area contributed by atoms with Crippen molar-refractivity contribution in [2.24, 2.45) is 5.73 Å². The lowest BCUT2D eigenvalue weighted by Gasteiger charge is -2.06. The van der Waals surface area contributed by atoms with Crippen LogP contribution >= 0.6 is 12.0 Å². The van der Waals surface area contributed by atoms with Gasteiger partial charge >= 0.3 is 11.2 Å². The molecular formula is C2H3F2NO4S. The number of alkyl halides is 2. The van der Waals surface area contributed by atoms with Gasteiger partial charge in [0.15, 0.2) is 0 Å². The van der Waals surface area contributed by atoms with Gasteiger partial charge in [0.1, 0.15) is 12.0 Å².